The first kappa shape index (κ1) is 20.5. The van der Waals surface area contributed by atoms with E-state index in [0.29, 0.717) is 28.8 Å². The van der Waals surface area contributed by atoms with Gasteiger partial charge in [0.2, 0.25) is 5.91 Å². The van der Waals surface area contributed by atoms with Gasteiger partial charge in [-0.15, -0.1) is 0 Å². The molecule has 0 spiro atoms. The predicted octanol–water partition coefficient (Wildman–Crippen LogP) is 4.09. The van der Waals surface area contributed by atoms with Crippen LogP contribution in [0.1, 0.15) is 35.9 Å². The van der Waals surface area contributed by atoms with Crippen molar-refractivity contribution < 1.29 is 9.59 Å². The van der Waals surface area contributed by atoms with Crippen LogP contribution in [0.2, 0.25) is 0 Å². The zero-order valence-electron chi connectivity index (χ0n) is 17.3. The van der Waals surface area contributed by atoms with E-state index in [-0.39, 0.29) is 36.6 Å². The largest absolute Gasteiger partial charge is 0.335 e. The van der Waals surface area contributed by atoms with Gasteiger partial charge in [0.1, 0.15) is 5.82 Å². The molecule has 0 aliphatic heterocycles. The number of para-hydroxylation sites is 1. The molecule has 0 fully saturated rings. The third-order valence-electron chi connectivity index (χ3n) is 5.37. The van der Waals surface area contributed by atoms with Crippen LogP contribution in [0.5, 0.6) is 0 Å². The summed E-state index contributed by atoms with van der Waals surface area (Å²) >= 11 is 0. The van der Waals surface area contributed by atoms with Gasteiger partial charge in [-0.05, 0) is 35.9 Å². The number of Topliss-reactive ketones (excluding diaryl/α,β-unsaturated/α-hetero) is 1. The maximum atomic E-state index is 12.7. The molecule has 31 heavy (non-hydrogen) atoms. The van der Waals surface area contributed by atoms with E-state index >= 15 is 0 Å². The second kappa shape index (κ2) is 8.92. The lowest BCUT2D eigenvalue weighted by molar-refractivity contribution is -0.131. The standard InChI is InChI=1S/C25H23N3O3/c1-2-28(16-23-26-21-10-6-5-9-20(21)25(31)27-23)24(30)14-13-22(29)19-12-11-17-7-3-4-8-18(17)15-19/h3-12,15H,2,13-14,16H2,1H3,(H,26,27,31). The molecule has 4 rings (SSSR count). The Balaban J connectivity index is 1.42. The molecule has 0 aliphatic rings. The zero-order valence-corrected chi connectivity index (χ0v) is 17.3. The van der Waals surface area contributed by atoms with E-state index in [1.54, 1.807) is 29.2 Å². The molecular weight excluding hydrogens is 390 g/mol. The van der Waals surface area contributed by atoms with E-state index in [1.165, 1.54) is 0 Å². The lowest BCUT2D eigenvalue weighted by Crippen LogP contribution is -2.32. The molecule has 6 nitrogen and oxygen atoms in total. The van der Waals surface area contributed by atoms with Gasteiger partial charge in [0.15, 0.2) is 5.78 Å². The number of nitrogens with one attached hydrogen (secondary N) is 1. The fourth-order valence-electron chi connectivity index (χ4n) is 3.65. The van der Waals surface area contributed by atoms with Gasteiger partial charge in [0.25, 0.3) is 5.56 Å². The Kier molecular flexibility index (Phi) is 5.89. The fourth-order valence-corrected chi connectivity index (χ4v) is 3.65. The summed E-state index contributed by atoms with van der Waals surface area (Å²) < 4.78 is 0. The molecule has 1 aromatic heterocycles. The number of carbonyl (C=O) groups excluding carboxylic acids is 2. The van der Waals surface area contributed by atoms with Gasteiger partial charge in [-0.1, -0.05) is 48.5 Å². The van der Waals surface area contributed by atoms with E-state index < -0.39 is 0 Å². The van der Waals surface area contributed by atoms with Gasteiger partial charge in [-0.3, -0.25) is 14.4 Å². The normalized spacial score (nSPS) is 11.0. The Morgan fingerprint density at radius 3 is 2.48 bits per heavy atom. The number of aromatic amines is 1. The van der Waals surface area contributed by atoms with Crippen LogP contribution in [0.15, 0.2) is 71.5 Å². The number of benzene rings is 3. The fraction of sp³-hybridized carbons (Fsp3) is 0.200. The van der Waals surface area contributed by atoms with Crippen LogP contribution in [0.4, 0.5) is 0 Å². The Labute approximate surface area is 179 Å². The molecule has 0 atom stereocenters. The highest BCUT2D eigenvalue weighted by Crippen LogP contribution is 2.17. The second-order valence-corrected chi connectivity index (χ2v) is 7.42. The number of ketones is 1. The monoisotopic (exact) mass is 413 g/mol. The van der Waals surface area contributed by atoms with Crippen LogP contribution in [-0.4, -0.2) is 33.1 Å². The van der Waals surface area contributed by atoms with Crippen LogP contribution in [0, 0.1) is 0 Å². The molecule has 1 N–H and O–H groups in total. The highest BCUT2D eigenvalue weighted by molar-refractivity contribution is 6.01. The number of hydrogen-bond donors (Lipinski definition) is 1. The summed E-state index contributed by atoms with van der Waals surface area (Å²) in [5.74, 6) is 0.222. The van der Waals surface area contributed by atoms with Crippen LogP contribution in [-0.2, 0) is 11.3 Å². The Morgan fingerprint density at radius 2 is 1.68 bits per heavy atom. The summed E-state index contributed by atoms with van der Waals surface area (Å²) in [5.41, 5.74) is 0.974. The number of fused-ring (bicyclic) bond motifs is 2. The topological polar surface area (TPSA) is 83.1 Å². The van der Waals surface area contributed by atoms with Crippen molar-refractivity contribution in [1.29, 1.82) is 0 Å². The SMILES string of the molecule is CCN(Cc1nc2ccccc2c(=O)[nH]1)C(=O)CCC(=O)c1ccc2ccccc2c1. The van der Waals surface area contributed by atoms with E-state index in [1.807, 2.05) is 49.4 Å². The van der Waals surface area contributed by atoms with E-state index in [2.05, 4.69) is 9.97 Å². The van der Waals surface area contributed by atoms with Crippen LogP contribution >= 0.6 is 0 Å². The lowest BCUT2D eigenvalue weighted by atomic mass is 10.0. The summed E-state index contributed by atoms with van der Waals surface area (Å²) in [4.78, 5) is 46.4. The number of rotatable bonds is 7. The summed E-state index contributed by atoms with van der Waals surface area (Å²) in [5, 5.41) is 2.59. The smallest absolute Gasteiger partial charge is 0.258 e. The first-order valence-electron chi connectivity index (χ1n) is 10.3. The van der Waals surface area contributed by atoms with Gasteiger partial charge < -0.3 is 9.88 Å². The van der Waals surface area contributed by atoms with Crippen LogP contribution in [0.3, 0.4) is 0 Å². The number of aromatic nitrogens is 2. The molecule has 3 aromatic carbocycles. The van der Waals surface area contributed by atoms with Crippen molar-refractivity contribution in [1.82, 2.24) is 14.9 Å². The first-order chi connectivity index (χ1) is 15.0. The van der Waals surface area contributed by atoms with Crippen molar-refractivity contribution in [3.05, 3.63) is 88.5 Å². The lowest BCUT2D eigenvalue weighted by Gasteiger charge is -2.20. The molecule has 0 saturated heterocycles. The summed E-state index contributed by atoms with van der Waals surface area (Å²) in [6.45, 7) is 2.52. The second-order valence-electron chi connectivity index (χ2n) is 7.42. The number of amides is 1. The van der Waals surface area contributed by atoms with E-state index in [9.17, 15) is 14.4 Å². The first-order valence-corrected chi connectivity index (χ1v) is 10.3. The summed E-state index contributed by atoms with van der Waals surface area (Å²) in [7, 11) is 0. The van der Waals surface area contributed by atoms with Crippen molar-refractivity contribution in [2.45, 2.75) is 26.3 Å². The molecule has 0 aliphatic carbocycles. The number of hydrogen-bond acceptors (Lipinski definition) is 4. The van der Waals surface area contributed by atoms with Crippen molar-refractivity contribution in [2.75, 3.05) is 6.54 Å². The van der Waals surface area contributed by atoms with Crippen LogP contribution < -0.4 is 5.56 Å². The van der Waals surface area contributed by atoms with Crippen molar-refractivity contribution in [2.24, 2.45) is 0 Å². The minimum Gasteiger partial charge on any atom is -0.335 e. The Hall–Kier alpha value is -3.80. The van der Waals surface area contributed by atoms with Gasteiger partial charge in [0, 0.05) is 24.9 Å². The average Bonchev–Trinajstić information content (AvgIpc) is 2.80. The number of carbonyl (C=O) groups is 2. The van der Waals surface area contributed by atoms with Crippen molar-refractivity contribution in [3.8, 4) is 0 Å². The number of H-pyrrole nitrogens is 1. The molecule has 4 aromatic rings. The minimum absolute atomic E-state index is 0.0626. The predicted molar refractivity (Wildman–Crippen MR) is 121 cm³/mol. The third-order valence-corrected chi connectivity index (χ3v) is 5.37. The van der Waals surface area contributed by atoms with E-state index in [4.69, 9.17) is 0 Å². The Bertz CT molecular complexity index is 1330. The maximum Gasteiger partial charge on any atom is 0.258 e. The van der Waals surface area contributed by atoms with E-state index in [0.717, 1.165) is 10.8 Å². The highest BCUT2D eigenvalue weighted by Gasteiger charge is 2.16. The molecule has 0 radical (unpaired) electrons. The summed E-state index contributed by atoms with van der Waals surface area (Å²) in [6.07, 6.45) is 0.243. The molecule has 6 heteroatoms. The quantitative estimate of drug-likeness (QED) is 0.463. The molecule has 0 unspecified atom stereocenters. The van der Waals surface area contributed by atoms with Crippen molar-refractivity contribution >= 4 is 33.4 Å². The Morgan fingerprint density at radius 1 is 0.935 bits per heavy atom. The van der Waals surface area contributed by atoms with Crippen molar-refractivity contribution in [3.63, 3.8) is 0 Å². The highest BCUT2D eigenvalue weighted by atomic mass is 16.2. The maximum absolute atomic E-state index is 12.7. The molecule has 0 saturated carbocycles. The number of nitrogens with zero attached hydrogens (tertiary/aromatic N) is 2. The third kappa shape index (κ3) is 4.53. The van der Waals surface area contributed by atoms with Crippen LogP contribution in [0.25, 0.3) is 21.7 Å². The molecular formula is C25H23N3O3. The molecule has 1 heterocycles. The minimum atomic E-state index is -0.226. The van der Waals surface area contributed by atoms with Gasteiger partial charge in [0.05, 0.1) is 17.4 Å². The van der Waals surface area contributed by atoms with Gasteiger partial charge in [-0.25, -0.2) is 4.98 Å². The molecule has 156 valence electrons. The van der Waals surface area contributed by atoms with Gasteiger partial charge >= 0.3 is 0 Å². The molecule has 1 amide bonds. The molecule has 0 bridgehead atoms. The average molecular weight is 413 g/mol. The zero-order chi connectivity index (χ0) is 21.8. The van der Waals surface area contributed by atoms with Gasteiger partial charge in [-0.2, -0.15) is 0 Å². The summed E-state index contributed by atoms with van der Waals surface area (Å²) in [6, 6.07) is 20.5.